The fourth-order valence-electron chi connectivity index (χ4n) is 2.22. The van der Waals surface area contributed by atoms with Crippen LogP contribution in [0.3, 0.4) is 0 Å². The second-order valence-corrected chi connectivity index (χ2v) is 6.12. The first-order valence-corrected chi connectivity index (χ1v) is 6.59. The number of hydrogen-bond donors (Lipinski definition) is 2. The molecule has 1 aromatic rings. The lowest BCUT2D eigenvalue weighted by molar-refractivity contribution is -0.385. The molecule has 7 heteroatoms. The number of anilines is 1. The fourth-order valence-corrected chi connectivity index (χ4v) is 2.22. The third-order valence-electron chi connectivity index (χ3n) is 2.93. The van der Waals surface area contributed by atoms with Crippen molar-refractivity contribution in [3.8, 4) is 0 Å². The minimum atomic E-state index is -0.584. The predicted octanol–water partition coefficient (Wildman–Crippen LogP) is 1.49. The first-order chi connectivity index (χ1) is 9.62. The Morgan fingerprint density at radius 1 is 1.43 bits per heavy atom. The number of amides is 1. The lowest BCUT2D eigenvalue weighted by Gasteiger charge is -2.28. The van der Waals surface area contributed by atoms with Gasteiger partial charge in [-0.2, -0.15) is 0 Å². The van der Waals surface area contributed by atoms with Crippen LogP contribution >= 0.6 is 0 Å². The van der Waals surface area contributed by atoms with Gasteiger partial charge >= 0.3 is 0 Å². The number of nitrogens with two attached hydrogens (primary N) is 1. The standard InChI is InChI=1S/C14H22N4O3/c1-14(2,9-17(3)4)8-16-13(19)11-7-10(15)5-6-12(11)18(20)21/h5-7H,8-9,15H2,1-4H3,(H,16,19). The Hall–Kier alpha value is -2.15. The highest BCUT2D eigenvalue weighted by Gasteiger charge is 2.24. The smallest absolute Gasteiger partial charge is 0.282 e. The van der Waals surface area contributed by atoms with Gasteiger partial charge in [0.15, 0.2) is 0 Å². The third-order valence-corrected chi connectivity index (χ3v) is 2.93. The number of nitrogens with zero attached hydrogens (tertiary/aromatic N) is 2. The van der Waals surface area contributed by atoms with Crippen LogP contribution in [0.2, 0.25) is 0 Å². The molecule has 0 aliphatic carbocycles. The van der Waals surface area contributed by atoms with E-state index in [1.165, 1.54) is 18.2 Å². The topological polar surface area (TPSA) is 102 Å². The first-order valence-electron chi connectivity index (χ1n) is 6.59. The Morgan fingerprint density at radius 2 is 2.05 bits per heavy atom. The highest BCUT2D eigenvalue weighted by molar-refractivity contribution is 5.99. The normalized spacial score (nSPS) is 11.5. The number of hydrogen-bond acceptors (Lipinski definition) is 5. The van der Waals surface area contributed by atoms with Crippen LogP contribution in [0.15, 0.2) is 18.2 Å². The van der Waals surface area contributed by atoms with E-state index in [1.807, 2.05) is 32.8 Å². The molecule has 3 N–H and O–H groups in total. The summed E-state index contributed by atoms with van der Waals surface area (Å²) in [6, 6.07) is 3.98. The van der Waals surface area contributed by atoms with E-state index in [9.17, 15) is 14.9 Å². The molecular formula is C14H22N4O3. The molecule has 0 radical (unpaired) electrons. The molecule has 0 saturated heterocycles. The van der Waals surface area contributed by atoms with Gasteiger partial charge in [-0.3, -0.25) is 14.9 Å². The van der Waals surface area contributed by atoms with Gasteiger partial charge in [-0.1, -0.05) is 13.8 Å². The molecule has 0 atom stereocenters. The Kier molecular flexibility index (Phi) is 5.26. The van der Waals surface area contributed by atoms with E-state index in [2.05, 4.69) is 5.32 Å². The van der Waals surface area contributed by atoms with E-state index >= 15 is 0 Å². The molecule has 7 nitrogen and oxygen atoms in total. The van der Waals surface area contributed by atoms with Gasteiger partial charge in [-0.15, -0.1) is 0 Å². The zero-order valence-corrected chi connectivity index (χ0v) is 12.8. The summed E-state index contributed by atoms with van der Waals surface area (Å²) in [5.74, 6) is -0.485. The summed E-state index contributed by atoms with van der Waals surface area (Å²) >= 11 is 0. The molecule has 0 saturated carbocycles. The molecule has 21 heavy (non-hydrogen) atoms. The molecule has 0 fully saturated rings. The van der Waals surface area contributed by atoms with Crippen molar-refractivity contribution in [1.82, 2.24) is 10.2 Å². The quantitative estimate of drug-likeness (QED) is 0.470. The van der Waals surface area contributed by atoms with Crippen LogP contribution in [0.25, 0.3) is 0 Å². The summed E-state index contributed by atoms with van der Waals surface area (Å²) < 4.78 is 0. The van der Waals surface area contributed by atoms with E-state index < -0.39 is 10.8 Å². The van der Waals surface area contributed by atoms with Crippen LogP contribution in [0.5, 0.6) is 0 Å². The Bertz CT molecular complexity index is 541. The maximum atomic E-state index is 12.2. The minimum Gasteiger partial charge on any atom is -0.399 e. The molecular weight excluding hydrogens is 272 g/mol. The van der Waals surface area contributed by atoms with E-state index in [4.69, 9.17) is 5.73 Å². The number of nitrogens with one attached hydrogen (secondary N) is 1. The van der Waals surface area contributed by atoms with Crippen LogP contribution in [-0.4, -0.2) is 42.9 Å². The predicted molar refractivity (Wildman–Crippen MR) is 82.2 cm³/mol. The van der Waals surface area contributed by atoms with Crippen LogP contribution in [0.1, 0.15) is 24.2 Å². The molecule has 0 aliphatic heterocycles. The molecule has 1 aromatic carbocycles. The van der Waals surface area contributed by atoms with Crippen molar-refractivity contribution in [3.05, 3.63) is 33.9 Å². The fraction of sp³-hybridized carbons (Fsp3) is 0.500. The van der Waals surface area contributed by atoms with Crippen LogP contribution in [0, 0.1) is 15.5 Å². The van der Waals surface area contributed by atoms with Crippen molar-refractivity contribution in [2.45, 2.75) is 13.8 Å². The third kappa shape index (κ3) is 5.03. The van der Waals surface area contributed by atoms with Gasteiger partial charge in [0.25, 0.3) is 11.6 Å². The van der Waals surface area contributed by atoms with Crippen molar-refractivity contribution in [2.75, 3.05) is 32.9 Å². The number of nitro benzene ring substituents is 1. The van der Waals surface area contributed by atoms with Crippen LogP contribution in [0.4, 0.5) is 11.4 Å². The summed E-state index contributed by atoms with van der Waals surface area (Å²) in [5, 5.41) is 13.7. The molecule has 0 unspecified atom stereocenters. The summed E-state index contributed by atoms with van der Waals surface area (Å²) in [5.41, 5.74) is 5.52. The van der Waals surface area contributed by atoms with Gasteiger partial charge in [-0.05, 0) is 31.6 Å². The lowest BCUT2D eigenvalue weighted by Crippen LogP contribution is -2.40. The Morgan fingerprint density at radius 3 is 2.57 bits per heavy atom. The zero-order valence-electron chi connectivity index (χ0n) is 12.8. The molecule has 0 bridgehead atoms. The summed E-state index contributed by atoms with van der Waals surface area (Å²) in [6.07, 6.45) is 0. The number of benzene rings is 1. The molecule has 0 spiro atoms. The van der Waals surface area contributed by atoms with E-state index in [1.54, 1.807) is 0 Å². The molecule has 0 aromatic heterocycles. The molecule has 0 aliphatic rings. The van der Waals surface area contributed by atoms with Crippen molar-refractivity contribution in [2.24, 2.45) is 5.41 Å². The second-order valence-electron chi connectivity index (χ2n) is 6.12. The summed E-state index contributed by atoms with van der Waals surface area (Å²) in [6.45, 7) is 5.23. The average Bonchev–Trinajstić information content (AvgIpc) is 2.34. The molecule has 116 valence electrons. The first kappa shape index (κ1) is 16.9. The number of carbonyl (C=O) groups is 1. The van der Waals surface area contributed by atoms with Gasteiger partial charge in [0.2, 0.25) is 0 Å². The highest BCUT2D eigenvalue weighted by Crippen LogP contribution is 2.22. The van der Waals surface area contributed by atoms with Gasteiger partial charge in [0.1, 0.15) is 5.56 Å². The summed E-state index contributed by atoms with van der Waals surface area (Å²) in [7, 11) is 3.90. The number of nitrogen functional groups attached to an aromatic ring is 1. The SMILES string of the molecule is CN(C)CC(C)(C)CNC(=O)c1cc(N)ccc1[N+](=O)[O-]. The summed E-state index contributed by atoms with van der Waals surface area (Å²) in [4.78, 5) is 24.6. The average molecular weight is 294 g/mol. The number of nitro groups is 1. The monoisotopic (exact) mass is 294 g/mol. The van der Waals surface area contributed by atoms with Crippen LogP contribution < -0.4 is 11.1 Å². The second kappa shape index (κ2) is 6.53. The van der Waals surface area contributed by atoms with E-state index in [-0.39, 0.29) is 16.7 Å². The Balaban J connectivity index is 2.85. The van der Waals surface area contributed by atoms with Crippen molar-refractivity contribution in [3.63, 3.8) is 0 Å². The van der Waals surface area contributed by atoms with Gasteiger partial charge in [-0.25, -0.2) is 0 Å². The molecule has 1 rings (SSSR count). The largest absolute Gasteiger partial charge is 0.399 e. The molecule has 0 heterocycles. The maximum Gasteiger partial charge on any atom is 0.282 e. The zero-order chi connectivity index (χ0) is 16.2. The molecule has 1 amide bonds. The van der Waals surface area contributed by atoms with E-state index in [0.29, 0.717) is 12.2 Å². The number of carbonyl (C=O) groups excluding carboxylic acids is 1. The van der Waals surface area contributed by atoms with Crippen molar-refractivity contribution < 1.29 is 9.72 Å². The van der Waals surface area contributed by atoms with Gasteiger partial charge in [0, 0.05) is 24.8 Å². The highest BCUT2D eigenvalue weighted by atomic mass is 16.6. The van der Waals surface area contributed by atoms with Crippen LogP contribution in [-0.2, 0) is 0 Å². The lowest BCUT2D eigenvalue weighted by atomic mass is 9.93. The van der Waals surface area contributed by atoms with Crippen molar-refractivity contribution >= 4 is 17.3 Å². The van der Waals surface area contributed by atoms with Gasteiger partial charge in [0.05, 0.1) is 4.92 Å². The van der Waals surface area contributed by atoms with Crippen molar-refractivity contribution in [1.29, 1.82) is 0 Å². The van der Waals surface area contributed by atoms with Gasteiger partial charge < -0.3 is 16.0 Å². The Labute approximate surface area is 124 Å². The van der Waals surface area contributed by atoms with E-state index in [0.717, 1.165) is 6.54 Å². The number of rotatable bonds is 6. The minimum absolute atomic E-state index is 0.0133. The maximum absolute atomic E-state index is 12.2.